The molecule has 0 spiro atoms. The Kier molecular flexibility index (Phi) is 36.3. The first-order valence-electron chi connectivity index (χ1n) is 41.9. The third kappa shape index (κ3) is 26.3. The van der Waals surface area contributed by atoms with Crippen LogP contribution in [-0.4, -0.2) is 53.6 Å². The van der Waals surface area contributed by atoms with Crippen LogP contribution in [0.5, 0.6) is 57.5 Å². The van der Waals surface area contributed by atoms with E-state index in [9.17, 15) is 40.9 Å². The smallest absolute Gasteiger partial charge is 0.131 e. The van der Waals surface area contributed by atoms with Crippen LogP contribution in [0.2, 0.25) is 0 Å². The molecule has 5 aromatic carbocycles. The fourth-order valence-corrected chi connectivity index (χ4v) is 16.9. The van der Waals surface area contributed by atoms with Gasteiger partial charge in [0.25, 0.3) is 0 Å². The SMILES string of the molecule is C=C(C)[C@@H]1CCC(C)=C[C@H]1c1c(O)cc(CCC)cc1O.C=C(C)[C@@H]1CCC(C)=C[C@H]1c1c(O)cc(CCCC)cc1O.C=C(C)[C@@H]1CCC(C)=C[C@H]1c1c(O)cc(CCCCC)cc1O.C=C(C)[C@@H]1CCC(C)=C[C@H]1c1c(O)cc(CCCCC)cc1OC.CCCc1cc(O)c2c(c1)OC(C)(CCC=C(C)C)C=C2. The Morgan fingerprint density at radius 3 is 1.05 bits per heavy atom. The molecule has 0 aromatic heterocycles. The number of fused-ring (bicyclic) bond motifs is 1. The summed E-state index contributed by atoms with van der Waals surface area (Å²) in [6.07, 6.45) is 41.3. The van der Waals surface area contributed by atoms with E-state index >= 15 is 0 Å². The van der Waals surface area contributed by atoms with Gasteiger partial charge < -0.3 is 50.3 Å². The summed E-state index contributed by atoms with van der Waals surface area (Å²) in [5, 5.41) is 83.8. The standard InChI is InChI=1S/C22H32O2.C21H30O2.C20H28O2.2C19H26O2/c1-6-7-8-9-17-13-20(23)22(21(14-17)24-5)19-12-16(4)10-11-18(19)15(2)3;1-5-6-7-8-16-12-19(22)21(20(23)13-16)18-11-15(4)9-10-17(18)14(2)3;1-5-6-7-15-11-18(21)20(19(22)12-15)17-10-14(4)8-9-16(17)13(2)3;1-5-7-15-12-17(20)16-9-11-19(4,21-18(16)13-15)10-6-8-14(2)3;1-5-6-14-10-17(20)19(18(21)11-14)16-9-13(4)7-8-15(16)12(2)3/h12-14,18-19,23H,2,6-11H2,1,3-5H3;11-13,17-18,22-23H,2,5-10H2,1,3-4H3;10-12,16-17,21-22H,2,5-9H2,1,3-4H3;8-9,11-13,20H,5-7,10H2,1-4H3;9-11,15-16,20-21H,2,5-8H2,1,3-4H3/t18-,19+;17-,18+;16-,17+;;15-,16+/m000.0/s1. The van der Waals surface area contributed by atoms with Gasteiger partial charge in [0.15, 0.2) is 0 Å². The van der Waals surface area contributed by atoms with E-state index in [-0.39, 0.29) is 81.5 Å². The number of hydrogen-bond donors (Lipinski definition) is 8. The Balaban J connectivity index is 0.000000217. The Hall–Kier alpha value is -8.50. The quantitative estimate of drug-likeness (QED) is 0.0186. The largest absolute Gasteiger partial charge is 0.507 e. The molecule has 1 unspecified atom stereocenters. The van der Waals surface area contributed by atoms with Gasteiger partial charge in [-0.25, -0.2) is 0 Å². The number of unbranched alkanes of at least 4 members (excludes halogenated alkanes) is 5. The first-order valence-corrected chi connectivity index (χ1v) is 41.9. The third-order valence-corrected chi connectivity index (χ3v) is 23.2. The average molecular weight is 1520 g/mol. The third-order valence-electron chi connectivity index (χ3n) is 23.2. The summed E-state index contributed by atoms with van der Waals surface area (Å²) >= 11 is 0. The Morgan fingerprint density at radius 2 is 0.721 bits per heavy atom. The van der Waals surface area contributed by atoms with E-state index in [0.717, 1.165) is 202 Å². The Morgan fingerprint density at radius 1 is 0.414 bits per heavy atom. The van der Waals surface area contributed by atoms with Gasteiger partial charge in [0.05, 0.1) is 12.7 Å². The van der Waals surface area contributed by atoms with E-state index < -0.39 is 0 Å². The zero-order valence-electron chi connectivity index (χ0n) is 71.3. The monoisotopic (exact) mass is 1520 g/mol. The minimum absolute atomic E-state index is 0.0194. The highest BCUT2D eigenvalue weighted by Gasteiger charge is 2.35. The zero-order chi connectivity index (χ0) is 82.0. The average Bonchev–Trinajstić information content (AvgIpc) is 0.814. The van der Waals surface area contributed by atoms with E-state index in [1.54, 1.807) is 19.2 Å². The number of aromatic hydroxyl groups is 8. The molecule has 0 amide bonds. The molecule has 4 aliphatic carbocycles. The number of phenols is 8. The molecule has 1 aliphatic heterocycles. The second kappa shape index (κ2) is 44.1. The van der Waals surface area contributed by atoms with E-state index in [0.29, 0.717) is 34.1 Å². The maximum absolute atomic E-state index is 10.8. The molecule has 8 N–H and O–H groups in total. The van der Waals surface area contributed by atoms with E-state index in [1.807, 2.05) is 63.2 Å². The molecule has 9 atom stereocenters. The van der Waals surface area contributed by atoms with Gasteiger partial charge in [-0.1, -0.05) is 186 Å². The fraction of sp³-hybridized carbons (Fsp3) is 0.505. The molecule has 10 nitrogen and oxygen atoms in total. The molecule has 111 heavy (non-hydrogen) atoms. The van der Waals surface area contributed by atoms with Crippen molar-refractivity contribution in [3.05, 3.63) is 229 Å². The zero-order valence-corrected chi connectivity index (χ0v) is 71.3. The molecule has 0 saturated carbocycles. The summed E-state index contributed by atoms with van der Waals surface area (Å²) in [5.41, 5.74) is 19.9. The Labute approximate surface area is 670 Å². The number of hydrogen-bond acceptors (Lipinski definition) is 10. The number of benzene rings is 5. The first-order chi connectivity index (χ1) is 52.7. The topological polar surface area (TPSA) is 180 Å². The van der Waals surface area contributed by atoms with Crippen molar-refractivity contribution in [2.45, 2.75) is 301 Å². The summed E-state index contributed by atoms with van der Waals surface area (Å²) in [5.74, 6) is 5.00. The van der Waals surface area contributed by atoms with Crippen LogP contribution < -0.4 is 9.47 Å². The summed E-state index contributed by atoms with van der Waals surface area (Å²) in [4.78, 5) is 0. The van der Waals surface area contributed by atoms with Crippen LogP contribution >= 0.6 is 0 Å². The Bertz CT molecular complexity index is 4090. The van der Waals surface area contributed by atoms with Crippen LogP contribution in [0.25, 0.3) is 6.08 Å². The minimum atomic E-state index is -0.295. The minimum Gasteiger partial charge on any atom is -0.507 e. The lowest BCUT2D eigenvalue weighted by Crippen LogP contribution is -2.31. The van der Waals surface area contributed by atoms with E-state index in [4.69, 9.17) is 9.47 Å². The van der Waals surface area contributed by atoms with Crippen molar-refractivity contribution < 1.29 is 50.3 Å². The number of aryl methyl sites for hydroxylation is 5. The lowest BCUT2D eigenvalue weighted by atomic mass is 9.73. The van der Waals surface area contributed by atoms with Crippen molar-refractivity contribution in [3.8, 4) is 57.5 Å². The summed E-state index contributed by atoms with van der Waals surface area (Å²) < 4.78 is 11.9. The molecule has 0 bridgehead atoms. The predicted octanol–water partition coefficient (Wildman–Crippen LogP) is 27.8. The van der Waals surface area contributed by atoms with Crippen molar-refractivity contribution >= 4 is 6.08 Å². The van der Waals surface area contributed by atoms with Crippen LogP contribution in [0.3, 0.4) is 0 Å². The molecule has 10 rings (SSSR count). The molecule has 5 aromatic rings. The van der Waals surface area contributed by atoms with Crippen LogP contribution in [0.1, 0.15) is 319 Å². The highest BCUT2D eigenvalue weighted by Crippen LogP contribution is 2.52. The highest BCUT2D eigenvalue weighted by atomic mass is 16.5. The molecule has 0 radical (unpaired) electrons. The van der Waals surface area contributed by atoms with Gasteiger partial charge in [-0.2, -0.15) is 0 Å². The maximum atomic E-state index is 10.8. The van der Waals surface area contributed by atoms with Crippen molar-refractivity contribution in [1.29, 1.82) is 0 Å². The molecule has 0 fully saturated rings. The van der Waals surface area contributed by atoms with Gasteiger partial charge >= 0.3 is 0 Å². The van der Waals surface area contributed by atoms with Crippen LogP contribution in [0, 0.1) is 23.7 Å². The number of allylic oxidation sites excluding steroid dienone is 14. The molecule has 10 heteroatoms. The van der Waals surface area contributed by atoms with Gasteiger partial charge in [0.1, 0.15) is 63.1 Å². The number of rotatable bonds is 27. The van der Waals surface area contributed by atoms with Crippen molar-refractivity contribution in [2.75, 3.05) is 7.11 Å². The summed E-state index contributed by atoms with van der Waals surface area (Å²) in [6, 6.07) is 18.9. The number of ether oxygens (including phenoxy) is 2. The predicted molar refractivity (Wildman–Crippen MR) is 468 cm³/mol. The number of phenolic OH excluding ortho intramolecular Hbond substituents is 8. The fourth-order valence-electron chi connectivity index (χ4n) is 16.9. The lowest BCUT2D eigenvalue weighted by molar-refractivity contribution is 0.128. The van der Waals surface area contributed by atoms with Crippen molar-refractivity contribution in [1.82, 2.24) is 0 Å². The molecule has 1 heterocycles. The van der Waals surface area contributed by atoms with Crippen LogP contribution in [0.15, 0.2) is 174 Å². The van der Waals surface area contributed by atoms with Crippen molar-refractivity contribution in [2.24, 2.45) is 23.7 Å². The van der Waals surface area contributed by atoms with Crippen molar-refractivity contribution in [3.63, 3.8) is 0 Å². The molecule has 0 saturated heterocycles. The normalized spacial score (nSPS) is 21.0. The van der Waals surface area contributed by atoms with Gasteiger partial charge in [-0.05, 0) is 316 Å². The van der Waals surface area contributed by atoms with Gasteiger partial charge in [0, 0.05) is 45.9 Å². The van der Waals surface area contributed by atoms with Gasteiger partial charge in [-0.15, -0.1) is 0 Å². The molecule has 606 valence electrons. The second-order valence-electron chi connectivity index (χ2n) is 33.6. The van der Waals surface area contributed by atoms with E-state index in [2.05, 4.69) is 165 Å². The molecular formula is C101H142O10. The van der Waals surface area contributed by atoms with Crippen LogP contribution in [0.4, 0.5) is 0 Å². The highest BCUT2D eigenvalue weighted by molar-refractivity contribution is 5.68. The molecule has 5 aliphatic rings. The van der Waals surface area contributed by atoms with Gasteiger partial charge in [-0.3, -0.25) is 0 Å². The summed E-state index contributed by atoms with van der Waals surface area (Å²) in [7, 11) is 1.70. The molecular weight excluding hydrogens is 1370 g/mol. The first kappa shape index (κ1) is 91.4. The van der Waals surface area contributed by atoms with Crippen LogP contribution in [-0.2, 0) is 32.1 Å². The maximum Gasteiger partial charge on any atom is 0.131 e. The summed E-state index contributed by atoms with van der Waals surface area (Å²) in [6.45, 7) is 50.3. The lowest BCUT2D eigenvalue weighted by Gasteiger charge is -2.32. The van der Waals surface area contributed by atoms with Gasteiger partial charge in [0.2, 0.25) is 0 Å². The number of methoxy groups -OCH3 is 1. The second-order valence-corrected chi connectivity index (χ2v) is 33.6. The van der Waals surface area contributed by atoms with E-state index in [1.165, 1.54) is 59.1 Å².